The summed E-state index contributed by atoms with van der Waals surface area (Å²) < 4.78 is 16.5. The Morgan fingerprint density at radius 3 is 2.72 bits per heavy atom. The van der Waals surface area contributed by atoms with Gasteiger partial charge in [-0.25, -0.2) is 0 Å². The van der Waals surface area contributed by atoms with Crippen molar-refractivity contribution in [1.82, 2.24) is 0 Å². The van der Waals surface area contributed by atoms with Crippen LogP contribution in [0.25, 0.3) is 0 Å². The second kappa shape index (κ2) is 6.67. The van der Waals surface area contributed by atoms with E-state index in [-0.39, 0.29) is 5.91 Å². The molecule has 2 heterocycles. The van der Waals surface area contributed by atoms with Crippen molar-refractivity contribution < 1.29 is 19.0 Å². The van der Waals surface area contributed by atoms with Crippen LogP contribution >= 0.6 is 0 Å². The van der Waals surface area contributed by atoms with E-state index in [1.807, 2.05) is 23.1 Å². The summed E-state index contributed by atoms with van der Waals surface area (Å²) in [6.45, 7) is 1.75. The van der Waals surface area contributed by atoms with Crippen LogP contribution in [0.3, 0.4) is 0 Å². The van der Waals surface area contributed by atoms with E-state index in [2.05, 4.69) is 6.07 Å². The van der Waals surface area contributed by atoms with Crippen LogP contribution in [0.4, 0.5) is 5.69 Å². The predicted molar refractivity (Wildman–Crippen MR) is 95.0 cm³/mol. The smallest absolute Gasteiger partial charge is 0.258 e. The van der Waals surface area contributed by atoms with E-state index in [1.165, 1.54) is 5.56 Å². The monoisotopic (exact) mass is 339 g/mol. The minimum Gasteiger partial charge on any atom is -0.497 e. The molecular weight excluding hydrogens is 318 g/mol. The fourth-order valence-electron chi connectivity index (χ4n) is 3.38. The summed E-state index contributed by atoms with van der Waals surface area (Å²) in [5, 5.41) is 0. The van der Waals surface area contributed by atoms with E-state index >= 15 is 0 Å². The number of aryl methyl sites for hydroxylation is 1. The molecule has 0 aromatic heterocycles. The summed E-state index contributed by atoms with van der Waals surface area (Å²) in [6, 6.07) is 11.4. The normalized spacial score (nSPS) is 16.0. The third kappa shape index (κ3) is 3.02. The molecular formula is C20H21NO4. The Kier molecular flexibility index (Phi) is 4.22. The molecule has 1 amide bonds. The van der Waals surface area contributed by atoms with Crippen LogP contribution in [-0.2, 0) is 6.42 Å². The largest absolute Gasteiger partial charge is 0.497 e. The molecule has 0 aliphatic carbocycles. The Balaban J connectivity index is 1.70. The highest BCUT2D eigenvalue weighted by Gasteiger charge is 2.24. The van der Waals surface area contributed by atoms with E-state index < -0.39 is 0 Å². The zero-order valence-electron chi connectivity index (χ0n) is 14.3. The van der Waals surface area contributed by atoms with Gasteiger partial charge >= 0.3 is 0 Å². The number of carbonyl (C=O) groups excluding carboxylic acids is 1. The number of amides is 1. The first-order valence-corrected chi connectivity index (χ1v) is 8.65. The van der Waals surface area contributed by atoms with Crippen molar-refractivity contribution in [3.05, 3.63) is 47.5 Å². The fourth-order valence-corrected chi connectivity index (χ4v) is 3.38. The highest BCUT2D eigenvalue weighted by Crippen LogP contribution is 2.34. The fraction of sp³-hybridized carbons (Fsp3) is 0.350. The number of fused-ring (bicyclic) bond motifs is 2. The van der Waals surface area contributed by atoms with Gasteiger partial charge in [-0.1, -0.05) is 6.07 Å². The van der Waals surface area contributed by atoms with Crippen molar-refractivity contribution in [2.75, 3.05) is 31.8 Å². The molecule has 2 aromatic carbocycles. The molecule has 0 saturated carbocycles. The van der Waals surface area contributed by atoms with Crippen molar-refractivity contribution in [2.45, 2.75) is 19.3 Å². The zero-order chi connectivity index (χ0) is 17.2. The highest BCUT2D eigenvalue weighted by molar-refractivity contribution is 6.07. The maximum absolute atomic E-state index is 13.2. The average molecular weight is 339 g/mol. The number of rotatable bonds is 2. The molecule has 5 heteroatoms. The molecule has 0 spiro atoms. The number of hydrogen-bond acceptors (Lipinski definition) is 4. The molecule has 0 fully saturated rings. The highest BCUT2D eigenvalue weighted by atomic mass is 16.6. The molecule has 2 aliphatic heterocycles. The average Bonchev–Trinajstić information content (AvgIpc) is 2.88. The summed E-state index contributed by atoms with van der Waals surface area (Å²) in [4.78, 5) is 15.0. The predicted octanol–water partition coefficient (Wildman–Crippen LogP) is 3.45. The molecule has 0 N–H and O–H groups in total. The maximum Gasteiger partial charge on any atom is 0.258 e. The number of nitrogens with zero attached hydrogens (tertiary/aromatic N) is 1. The molecule has 0 saturated heterocycles. The summed E-state index contributed by atoms with van der Waals surface area (Å²) in [6.07, 6.45) is 3.03. The number of benzene rings is 2. The van der Waals surface area contributed by atoms with Crippen LogP contribution in [0.5, 0.6) is 17.2 Å². The molecule has 25 heavy (non-hydrogen) atoms. The first-order chi connectivity index (χ1) is 12.3. The van der Waals surface area contributed by atoms with Crippen LogP contribution in [0, 0.1) is 0 Å². The van der Waals surface area contributed by atoms with Gasteiger partial charge in [0, 0.05) is 18.2 Å². The molecule has 0 radical (unpaired) electrons. The van der Waals surface area contributed by atoms with Gasteiger partial charge in [-0.3, -0.25) is 4.79 Å². The lowest BCUT2D eigenvalue weighted by atomic mass is 10.1. The first kappa shape index (κ1) is 15.8. The van der Waals surface area contributed by atoms with Gasteiger partial charge in [0.1, 0.15) is 19.0 Å². The first-order valence-electron chi connectivity index (χ1n) is 8.65. The third-order valence-electron chi connectivity index (χ3n) is 4.70. The van der Waals surface area contributed by atoms with Crippen LogP contribution in [-0.4, -0.2) is 32.8 Å². The van der Waals surface area contributed by atoms with Crippen molar-refractivity contribution in [3.63, 3.8) is 0 Å². The van der Waals surface area contributed by atoms with Gasteiger partial charge in [0.2, 0.25) is 0 Å². The van der Waals surface area contributed by atoms with Crippen LogP contribution in [0.1, 0.15) is 28.8 Å². The van der Waals surface area contributed by atoms with Gasteiger partial charge in [0.25, 0.3) is 5.91 Å². The number of methoxy groups -OCH3 is 1. The Morgan fingerprint density at radius 1 is 1.04 bits per heavy atom. The van der Waals surface area contributed by atoms with E-state index in [9.17, 15) is 4.79 Å². The topological polar surface area (TPSA) is 48.0 Å². The minimum atomic E-state index is -0.0200. The third-order valence-corrected chi connectivity index (χ3v) is 4.70. The molecule has 0 atom stereocenters. The molecule has 5 nitrogen and oxygen atoms in total. The molecule has 0 bridgehead atoms. The van der Waals surface area contributed by atoms with Crippen molar-refractivity contribution in [3.8, 4) is 17.2 Å². The second-order valence-corrected chi connectivity index (χ2v) is 6.27. The quantitative estimate of drug-likeness (QED) is 0.841. The van der Waals surface area contributed by atoms with Gasteiger partial charge < -0.3 is 19.1 Å². The summed E-state index contributed by atoms with van der Waals surface area (Å²) >= 11 is 0. The lowest BCUT2D eigenvalue weighted by Crippen LogP contribution is -2.32. The van der Waals surface area contributed by atoms with E-state index in [0.29, 0.717) is 36.8 Å². The molecule has 130 valence electrons. The standard InChI is InChI=1S/C20H21NO4/c1-23-16-7-5-14-4-2-3-9-21(17(14)13-16)20(22)15-6-8-18-19(12-15)25-11-10-24-18/h5-8,12-13H,2-4,9-11H2,1H3. The van der Waals surface area contributed by atoms with Crippen molar-refractivity contribution >= 4 is 11.6 Å². The lowest BCUT2D eigenvalue weighted by molar-refractivity contribution is 0.0985. The Labute approximate surface area is 147 Å². The van der Waals surface area contributed by atoms with Crippen molar-refractivity contribution in [1.29, 1.82) is 0 Å². The number of carbonyl (C=O) groups is 1. The summed E-state index contributed by atoms with van der Waals surface area (Å²) in [5.74, 6) is 2.08. The van der Waals surface area contributed by atoms with E-state index in [4.69, 9.17) is 14.2 Å². The van der Waals surface area contributed by atoms with Gasteiger partial charge in [-0.2, -0.15) is 0 Å². The van der Waals surface area contributed by atoms with Gasteiger partial charge in [-0.05, 0) is 49.1 Å². The van der Waals surface area contributed by atoms with Gasteiger partial charge in [0.15, 0.2) is 11.5 Å². The number of anilines is 1. The van der Waals surface area contributed by atoms with Crippen LogP contribution < -0.4 is 19.1 Å². The number of ether oxygens (including phenoxy) is 3. The number of hydrogen-bond donors (Lipinski definition) is 0. The summed E-state index contributed by atoms with van der Waals surface area (Å²) in [7, 11) is 1.64. The molecule has 4 rings (SSSR count). The molecule has 2 aliphatic rings. The minimum absolute atomic E-state index is 0.0200. The Morgan fingerprint density at radius 2 is 1.88 bits per heavy atom. The maximum atomic E-state index is 13.2. The Bertz CT molecular complexity index is 802. The van der Waals surface area contributed by atoms with E-state index in [1.54, 1.807) is 19.2 Å². The van der Waals surface area contributed by atoms with Crippen LogP contribution in [0.15, 0.2) is 36.4 Å². The Hall–Kier alpha value is -2.69. The van der Waals surface area contributed by atoms with E-state index in [0.717, 1.165) is 30.7 Å². The molecule has 0 unspecified atom stereocenters. The molecule has 2 aromatic rings. The zero-order valence-corrected chi connectivity index (χ0v) is 14.3. The summed E-state index contributed by atoms with van der Waals surface area (Å²) in [5.41, 5.74) is 2.74. The second-order valence-electron chi connectivity index (χ2n) is 6.27. The lowest BCUT2D eigenvalue weighted by Gasteiger charge is -2.24. The van der Waals surface area contributed by atoms with Crippen LogP contribution in [0.2, 0.25) is 0 Å². The van der Waals surface area contributed by atoms with Gasteiger partial charge in [0.05, 0.1) is 12.8 Å². The van der Waals surface area contributed by atoms with Crippen molar-refractivity contribution in [2.24, 2.45) is 0 Å². The SMILES string of the molecule is COc1ccc2c(c1)N(C(=O)c1ccc3c(c1)OCCO3)CCCC2. The van der Waals surface area contributed by atoms with Gasteiger partial charge in [-0.15, -0.1) is 0 Å².